The molecule has 1 amide bonds. The standard InChI is InChI=1S/C17H22N2O3/c1-21-13-4-3-10(16(18)20)9-12(13)19-14-11-5-8-22-15(11)17(14)6-2-7-17/h3-4,9,11,14-15,19H,2,5-8H2,1H3,(H2,18,20)/t11-,14-,15+/m1/s1. The first-order valence-electron chi connectivity index (χ1n) is 8.02. The molecule has 3 fully saturated rings. The fraction of sp³-hybridized carbons (Fsp3) is 0.588. The number of rotatable bonds is 4. The number of primary amides is 1. The number of carbonyl (C=O) groups is 1. The topological polar surface area (TPSA) is 73.6 Å². The van der Waals surface area contributed by atoms with Crippen LogP contribution in [0.5, 0.6) is 5.75 Å². The number of methoxy groups -OCH3 is 1. The third-order valence-corrected chi connectivity index (χ3v) is 5.83. The number of anilines is 1. The second-order valence-electron chi connectivity index (χ2n) is 6.73. The van der Waals surface area contributed by atoms with E-state index in [2.05, 4.69) is 5.32 Å². The number of fused-ring (bicyclic) bond motifs is 2. The molecule has 3 atom stereocenters. The van der Waals surface area contributed by atoms with Gasteiger partial charge in [0.1, 0.15) is 5.75 Å². The fourth-order valence-corrected chi connectivity index (χ4v) is 4.60. The van der Waals surface area contributed by atoms with E-state index in [0.717, 1.165) is 24.5 Å². The molecule has 2 aliphatic carbocycles. The summed E-state index contributed by atoms with van der Waals surface area (Å²) < 4.78 is 11.4. The van der Waals surface area contributed by atoms with Gasteiger partial charge in [0.05, 0.1) is 18.9 Å². The summed E-state index contributed by atoms with van der Waals surface area (Å²) in [5, 5.41) is 3.64. The van der Waals surface area contributed by atoms with Gasteiger partial charge in [0.15, 0.2) is 0 Å². The molecule has 3 N–H and O–H groups in total. The summed E-state index contributed by atoms with van der Waals surface area (Å²) in [6.07, 6.45) is 5.27. The number of hydrogen-bond donors (Lipinski definition) is 2. The maximum absolute atomic E-state index is 11.4. The van der Waals surface area contributed by atoms with Crippen LogP contribution in [0.15, 0.2) is 18.2 Å². The van der Waals surface area contributed by atoms with E-state index in [4.69, 9.17) is 15.2 Å². The molecule has 0 aromatic heterocycles. The van der Waals surface area contributed by atoms with Gasteiger partial charge < -0.3 is 20.5 Å². The summed E-state index contributed by atoms with van der Waals surface area (Å²) in [4.78, 5) is 11.4. The molecular formula is C17H22N2O3. The Morgan fingerprint density at radius 3 is 2.91 bits per heavy atom. The highest BCUT2D eigenvalue weighted by Gasteiger charge is 2.66. The maximum atomic E-state index is 11.4. The molecule has 2 saturated carbocycles. The fourth-order valence-electron chi connectivity index (χ4n) is 4.60. The third-order valence-electron chi connectivity index (χ3n) is 5.83. The van der Waals surface area contributed by atoms with Crippen molar-refractivity contribution >= 4 is 11.6 Å². The van der Waals surface area contributed by atoms with Gasteiger partial charge in [-0.15, -0.1) is 0 Å². The molecule has 1 saturated heterocycles. The van der Waals surface area contributed by atoms with E-state index in [-0.39, 0.29) is 5.41 Å². The predicted octanol–water partition coefficient (Wildman–Crippen LogP) is 2.16. The molecule has 1 aromatic carbocycles. The molecule has 4 rings (SSSR count). The second kappa shape index (κ2) is 4.88. The zero-order valence-corrected chi connectivity index (χ0v) is 12.8. The maximum Gasteiger partial charge on any atom is 0.248 e. The molecule has 0 bridgehead atoms. The SMILES string of the molecule is COc1ccc(C(N)=O)cc1N[C@@H]1[C@H]2CCO[C@@H]2C12CCC2. The van der Waals surface area contributed by atoms with Crippen LogP contribution in [0, 0.1) is 11.3 Å². The molecule has 1 aliphatic heterocycles. The predicted molar refractivity (Wildman–Crippen MR) is 83.1 cm³/mol. The molecule has 3 aliphatic rings. The number of nitrogens with two attached hydrogens (primary N) is 1. The van der Waals surface area contributed by atoms with Crippen LogP contribution in [-0.4, -0.2) is 31.8 Å². The number of benzene rings is 1. The van der Waals surface area contributed by atoms with Crippen LogP contribution >= 0.6 is 0 Å². The van der Waals surface area contributed by atoms with Crippen molar-refractivity contribution in [2.75, 3.05) is 19.0 Å². The van der Waals surface area contributed by atoms with Crippen LogP contribution in [0.2, 0.25) is 0 Å². The Balaban J connectivity index is 1.62. The van der Waals surface area contributed by atoms with Crippen LogP contribution in [0.3, 0.4) is 0 Å². The van der Waals surface area contributed by atoms with Crippen molar-refractivity contribution in [3.63, 3.8) is 0 Å². The van der Waals surface area contributed by atoms with Crippen LogP contribution in [0.4, 0.5) is 5.69 Å². The zero-order valence-electron chi connectivity index (χ0n) is 12.8. The van der Waals surface area contributed by atoms with Gasteiger partial charge in [0.25, 0.3) is 0 Å². The molecule has 0 radical (unpaired) electrons. The summed E-state index contributed by atoms with van der Waals surface area (Å²) in [7, 11) is 1.64. The lowest BCUT2D eigenvalue weighted by Gasteiger charge is -2.63. The number of hydrogen-bond acceptors (Lipinski definition) is 4. The van der Waals surface area contributed by atoms with E-state index in [0.29, 0.717) is 23.6 Å². The average Bonchev–Trinajstić information content (AvgIpc) is 2.88. The lowest BCUT2D eigenvalue weighted by molar-refractivity contribution is -0.158. The highest BCUT2D eigenvalue weighted by Crippen LogP contribution is 2.63. The summed E-state index contributed by atoms with van der Waals surface area (Å²) >= 11 is 0. The van der Waals surface area contributed by atoms with Gasteiger partial charge in [-0.25, -0.2) is 0 Å². The van der Waals surface area contributed by atoms with Crippen LogP contribution in [0.25, 0.3) is 0 Å². The van der Waals surface area contributed by atoms with E-state index in [1.165, 1.54) is 19.3 Å². The minimum atomic E-state index is -0.417. The Morgan fingerprint density at radius 1 is 1.45 bits per heavy atom. The molecule has 1 spiro atoms. The van der Waals surface area contributed by atoms with Gasteiger partial charge in [-0.05, 0) is 37.5 Å². The Morgan fingerprint density at radius 2 is 2.27 bits per heavy atom. The summed E-state index contributed by atoms with van der Waals surface area (Å²) in [5.41, 5.74) is 7.05. The van der Waals surface area contributed by atoms with E-state index in [9.17, 15) is 4.79 Å². The first kappa shape index (κ1) is 13.9. The molecule has 22 heavy (non-hydrogen) atoms. The van der Waals surface area contributed by atoms with Gasteiger partial charge in [0, 0.05) is 29.5 Å². The quantitative estimate of drug-likeness (QED) is 0.894. The van der Waals surface area contributed by atoms with E-state index >= 15 is 0 Å². The van der Waals surface area contributed by atoms with Crippen molar-refractivity contribution in [1.29, 1.82) is 0 Å². The smallest absolute Gasteiger partial charge is 0.248 e. The molecule has 1 heterocycles. The number of carbonyl (C=O) groups excluding carboxylic acids is 1. The molecule has 1 aromatic rings. The van der Waals surface area contributed by atoms with Gasteiger partial charge in [-0.2, -0.15) is 0 Å². The van der Waals surface area contributed by atoms with Crippen molar-refractivity contribution in [3.05, 3.63) is 23.8 Å². The van der Waals surface area contributed by atoms with Crippen molar-refractivity contribution in [2.45, 2.75) is 37.8 Å². The average molecular weight is 302 g/mol. The minimum Gasteiger partial charge on any atom is -0.495 e. The van der Waals surface area contributed by atoms with Gasteiger partial charge >= 0.3 is 0 Å². The van der Waals surface area contributed by atoms with Crippen LogP contribution < -0.4 is 15.8 Å². The van der Waals surface area contributed by atoms with Crippen molar-refractivity contribution in [1.82, 2.24) is 0 Å². The second-order valence-corrected chi connectivity index (χ2v) is 6.73. The number of ether oxygens (including phenoxy) is 2. The first-order valence-corrected chi connectivity index (χ1v) is 8.02. The Bertz CT molecular complexity index is 612. The third kappa shape index (κ3) is 1.78. The first-order chi connectivity index (χ1) is 10.7. The Hall–Kier alpha value is -1.75. The lowest BCUT2D eigenvalue weighted by atomic mass is 9.46. The molecular weight excluding hydrogens is 280 g/mol. The van der Waals surface area contributed by atoms with Crippen molar-refractivity contribution in [2.24, 2.45) is 17.1 Å². The lowest BCUT2D eigenvalue weighted by Crippen LogP contribution is -2.68. The largest absolute Gasteiger partial charge is 0.495 e. The Labute approximate surface area is 130 Å². The number of nitrogens with one attached hydrogen (secondary N) is 1. The monoisotopic (exact) mass is 302 g/mol. The van der Waals surface area contributed by atoms with E-state index < -0.39 is 5.91 Å². The van der Waals surface area contributed by atoms with Gasteiger partial charge in [-0.1, -0.05) is 6.42 Å². The zero-order chi connectivity index (χ0) is 15.3. The summed E-state index contributed by atoms with van der Waals surface area (Å²) in [6.45, 7) is 0.869. The van der Waals surface area contributed by atoms with Crippen LogP contribution in [0.1, 0.15) is 36.0 Å². The van der Waals surface area contributed by atoms with Crippen molar-refractivity contribution in [3.8, 4) is 5.75 Å². The highest BCUT2D eigenvalue weighted by atomic mass is 16.5. The summed E-state index contributed by atoms with van der Waals surface area (Å²) in [6, 6.07) is 5.72. The summed E-state index contributed by atoms with van der Waals surface area (Å²) in [5.74, 6) is 0.906. The minimum absolute atomic E-state index is 0.287. The molecule has 5 heteroatoms. The molecule has 0 unspecified atom stereocenters. The normalized spacial score (nSPS) is 31.0. The van der Waals surface area contributed by atoms with E-state index in [1.807, 2.05) is 0 Å². The van der Waals surface area contributed by atoms with Gasteiger partial charge in [-0.3, -0.25) is 4.79 Å². The highest BCUT2D eigenvalue weighted by molar-refractivity contribution is 5.94. The van der Waals surface area contributed by atoms with E-state index in [1.54, 1.807) is 25.3 Å². The molecule has 5 nitrogen and oxygen atoms in total. The van der Waals surface area contributed by atoms with Crippen molar-refractivity contribution < 1.29 is 14.3 Å². The van der Waals surface area contributed by atoms with Gasteiger partial charge in [0.2, 0.25) is 5.91 Å². The Kier molecular flexibility index (Phi) is 3.08. The molecule has 118 valence electrons. The number of amides is 1. The van der Waals surface area contributed by atoms with Crippen LogP contribution in [-0.2, 0) is 4.74 Å².